The molecule has 0 bridgehead atoms. The number of hydrogen-bond acceptors (Lipinski definition) is 4. The summed E-state index contributed by atoms with van der Waals surface area (Å²) in [5.41, 5.74) is 0. The monoisotopic (exact) mass is 580 g/mol. The maximum absolute atomic E-state index is 12.3. The van der Waals surface area contributed by atoms with Crippen molar-refractivity contribution in [3.63, 3.8) is 0 Å². The van der Waals surface area contributed by atoms with Crippen LogP contribution in [0.25, 0.3) is 0 Å². The lowest BCUT2D eigenvalue weighted by Crippen LogP contribution is -2.45. The van der Waals surface area contributed by atoms with Crippen molar-refractivity contribution in [2.24, 2.45) is 0 Å². The predicted octanol–water partition coefficient (Wildman–Crippen LogP) is 9.09. The number of hydrogen-bond donors (Lipinski definition) is 4. The number of carbonyl (C=O) groups excluding carboxylic acids is 1. The number of allylic oxidation sites excluding steroid dienone is 3. The minimum atomic E-state index is -0.925. The molecule has 0 saturated carbocycles. The highest BCUT2D eigenvalue weighted by Gasteiger charge is 2.20. The standard InChI is InChI=1S/C36H69NO4/c1-3-5-7-9-11-13-14-15-16-17-18-19-20-22-23-25-27-29-33(39)31-36(41)37-34(32-38)35(40)30-28-26-24-21-12-10-8-6-4-2/h17-18,28,30,33-35,38-40H,3-16,19-27,29,31-32H2,1-2H3,(H,37,41)/b18-17-,30-28+. The summed E-state index contributed by atoms with van der Waals surface area (Å²) in [4.78, 5) is 12.3. The van der Waals surface area contributed by atoms with Crippen molar-refractivity contribution in [1.82, 2.24) is 5.32 Å². The molecule has 1 amide bonds. The quantitative estimate of drug-likeness (QED) is 0.0487. The number of unbranched alkanes of at least 4 members (excludes halogenated alkanes) is 20. The fraction of sp³-hybridized carbons (Fsp3) is 0.861. The van der Waals surface area contributed by atoms with Gasteiger partial charge in [0.1, 0.15) is 0 Å². The Bertz CT molecular complexity index is 606. The molecule has 3 atom stereocenters. The Kier molecular flexibility index (Phi) is 30.9. The molecule has 0 aromatic heterocycles. The summed E-state index contributed by atoms with van der Waals surface area (Å²) in [6, 6.07) is -0.741. The molecule has 0 heterocycles. The first-order valence-electron chi connectivity index (χ1n) is 17.6. The van der Waals surface area contributed by atoms with E-state index in [1.54, 1.807) is 6.08 Å². The van der Waals surface area contributed by atoms with Gasteiger partial charge in [-0.3, -0.25) is 4.79 Å². The third-order valence-electron chi connectivity index (χ3n) is 7.98. The predicted molar refractivity (Wildman–Crippen MR) is 176 cm³/mol. The second-order valence-corrected chi connectivity index (χ2v) is 12.1. The van der Waals surface area contributed by atoms with E-state index in [4.69, 9.17) is 0 Å². The number of carbonyl (C=O) groups is 1. The number of aliphatic hydroxyl groups excluding tert-OH is 3. The van der Waals surface area contributed by atoms with E-state index < -0.39 is 18.2 Å². The summed E-state index contributed by atoms with van der Waals surface area (Å²) in [6.07, 6.45) is 35.9. The fourth-order valence-corrected chi connectivity index (χ4v) is 5.21. The third kappa shape index (κ3) is 28.7. The van der Waals surface area contributed by atoms with E-state index in [2.05, 4.69) is 31.3 Å². The summed E-state index contributed by atoms with van der Waals surface area (Å²) >= 11 is 0. The summed E-state index contributed by atoms with van der Waals surface area (Å²) in [6.45, 7) is 4.16. The number of amides is 1. The van der Waals surface area contributed by atoms with Gasteiger partial charge in [-0.05, 0) is 44.9 Å². The smallest absolute Gasteiger partial charge is 0.222 e. The second-order valence-electron chi connectivity index (χ2n) is 12.1. The van der Waals surface area contributed by atoms with Crippen LogP contribution in [-0.2, 0) is 4.79 Å². The first kappa shape index (κ1) is 39.8. The van der Waals surface area contributed by atoms with Crippen molar-refractivity contribution in [3.8, 4) is 0 Å². The molecule has 3 unspecified atom stereocenters. The average molecular weight is 580 g/mol. The lowest BCUT2D eigenvalue weighted by atomic mass is 10.0. The minimum Gasteiger partial charge on any atom is -0.394 e. The molecule has 0 aliphatic carbocycles. The molecule has 41 heavy (non-hydrogen) atoms. The maximum Gasteiger partial charge on any atom is 0.222 e. The van der Waals surface area contributed by atoms with E-state index in [9.17, 15) is 20.1 Å². The molecule has 0 aliphatic heterocycles. The highest BCUT2D eigenvalue weighted by atomic mass is 16.3. The summed E-state index contributed by atoms with van der Waals surface area (Å²) in [7, 11) is 0. The summed E-state index contributed by atoms with van der Waals surface area (Å²) in [5.74, 6) is -0.324. The van der Waals surface area contributed by atoms with Crippen molar-refractivity contribution in [3.05, 3.63) is 24.3 Å². The summed E-state index contributed by atoms with van der Waals surface area (Å²) in [5, 5.41) is 32.9. The molecule has 5 heteroatoms. The molecule has 242 valence electrons. The third-order valence-corrected chi connectivity index (χ3v) is 7.98. The Morgan fingerprint density at radius 2 is 1.02 bits per heavy atom. The van der Waals surface area contributed by atoms with E-state index in [0.717, 1.165) is 38.5 Å². The Morgan fingerprint density at radius 3 is 1.49 bits per heavy atom. The molecule has 0 aromatic carbocycles. The van der Waals surface area contributed by atoms with Gasteiger partial charge in [-0.1, -0.05) is 147 Å². The van der Waals surface area contributed by atoms with Gasteiger partial charge in [-0.25, -0.2) is 0 Å². The van der Waals surface area contributed by atoms with Gasteiger partial charge in [0.25, 0.3) is 0 Å². The van der Waals surface area contributed by atoms with E-state index >= 15 is 0 Å². The largest absolute Gasteiger partial charge is 0.394 e. The maximum atomic E-state index is 12.3. The van der Waals surface area contributed by atoms with Gasteiger partial charge in [-0.15, -0.1) is 0 Å². The van der Waals surface area contributed by atoms with Crippen molar-refractivity contribution in [2.75, 3.05) is 6.61 Å². The molecule has 0 aromatic rings. The van der Waals surface area contributed by atoms with Crippen LogP contribution in [0, 0.1) is 0 Å². The normalized spacial score (nSPS) is 14.2. The van der Waals surface area contributed by atoms with Gasteiger partial charge >= 0.3 is 0 Å². The number of aliphatic hydroxyl groups is 3. The van der Waals surface area contributed by atoms with E-state index in [-0.39, 0.29) is 18.9 Å². The highest BCUT2D eigenvalue weighted by Crippen LogP contribution is 2.13. The van der Waals surface area contributed by atoms with Crippen LogP contribution in [0.2, 0.25) is 0 Å². The fourth-order valence-electron chi connectivity index (χ4n) is 5.21. The molecule has 0 radical (unpaired) electrons. The Labute approximate surface area is 254 Å². The molecule has 0 aliphatic rings. The van der Waals surface area contributed by atoms with Crippen molar-refractivity contribution >= 4 is 5.91 Å². The van der Waals surface area contributed by atoms with Crippen LogP contribution in [0.1, 0.15) is 174 Å². The van der Waals surface area contributed by atoms with E-state index in [0.29, 0.717) is 6.42 Å². The SMILES string of the molecule is CCCCCCCCC/C=C/C(O)C(CO)NC(=O)CC(O)CCCCCCC/C=C\CCCCCCCCCC. The minimum absolute atomic E-state index is 0.00855. The Morgan fingerprint density at radius 1 is 0.610 bits per heavy atom. The molecule has 0 saturated heterocycles. The van der Waals surface area contributed by atoms with Crippen LogP contribution in [0.5, 0.6) is 0 Å². The lowest BCUT2D eigenvalue weighted by Gasteiger charge is -2.21. The van der Waals surface area contributed by atoms with Gasteiger partial charge < -0.3 is 20.6 Å². The number of rotatable bonds is 31. The van der Waals surface area contributed by atoms with E-state index in [1.165, 1.54) is 109 Å². The van der Waals surface area contributed by atoms with Crippen molar-refractivity contribution in [1.29, 1.82) is 0 Å². The van der Waals surface area contributed by atoms with Crippen molar-refractivity contribution in [2.45, 2.75) is 193 Å². The first-order valence-corrected chi connectivity index (χ1v) is 17.6. The number of nitrogens with one attached hydrogen (secondary N) is 1. The van der Waals surface area contributed by atoms with Crippen LogP contribution in [0.15, 0.2) is 24.3 Å². The van der Waals surface area contributed by atoms with Gasteiger partial charge in [0, 0.05) is 0 Å². The molecule has 5 nitrogen and oxygen atoms in total. The lowest BCUT2D eigenvalue weighted by molar-refractivity contribution is -0.124. The molecule has 0 rings (SSSR count). The van der Waals surface area contributed by atoms with Crippen LogP contribution in [0.4, 0.5) is 0 Å². The van der Waals surface area contributed by atoms with E-state index in [1.807, 2.05) is 6.08 Å². The zero-order valence-electron chi connectivity index (χ0n) is 27.2. The highest BCUT2D eigenvalue weighted by molar-refractivity contribution is 5.76. The van der Waals surface area contributed by atoms with Gasteiger partial charge in [0.15, 0.2) is 0 Å². The van der Waals surface area contributed by atoms with Gasteiger partial charge in [0.05, 0.1) is 31.3 Å². The zero-order chi connectivity index (χ0) is 30.2. The average Bonchev–Trinajstić information content (AvgIpc) is 2.96. The topological polar surface area (TPSA) is 89.8 Å². The van der Waals surface area contributed by atoms with Crippen molar-refractivity contribution < 1.29 is 20.1 Å². The van der Waals surface area contributed by atoms with Crippen LogP contribution in [-0.4, -0.2) is 46.1 Å². The van der Waals surface area contributed by atoms with Gasteiger partial charge in [0.2, 0.25) is 5.91 Å². The molecule has 4 N–H and O–H groups in total. The van der Waals surface area contributed by atoms with Crippen LogP contribution >= 0.6 is 0 Å². The first-order chi connectivity index (χ1) is 20.0. The van der Waals surface area contributed by atoms with Crippen LogP contribution in [0.3, 0.4) is 0 Å². The Balaban J connectivity index is 3.72. The molecule has 0 spiro atoms. The Hall–Kier alpha value is -1.17. The molecule has 0 fully saturated rings. The molecular weight excluding hydrogens is 510 g/mol. The van der Waals surface area contributed by atoms with Crippen LogP contribution < -0.4 is 5.32 Å². The van der Waals surface area contributed by atoms with Gasteiger partial charge in [-0.2, -0.15) is 0 Å². The second kappa shape index (κ2) is 31.8. The molecular formula is C36H69NO4. The summed E-state index contributed by atoms with van der Waals surface area (Å²) < 4.78 is 0. The zero-order valence-corrected chi connectivity index (χ0v) is 27.2.